The summed E-state index contributed by atoms with van der Waals surface area (Å²) >= 11 is 0. The zero-order chi connectivity index (χ0) is 70.1. The van der Waals surface area contributed by atoms with E-state index < -0.39 is 0 Å². The predicted octanol–water partition coefficient (Wildman–Crippen LogP) is 28.6. The molecule has 0 amide bonds. The number of hydrogen-bond donors (Lipinski definition) is 0. The van der Waals surface area contributed by atoms with Crippen LogP contribution in [0.3, 0.4) is 0 Å². The minimum Gasteiger partial charge on any atom is -0.311 e. The number of nitrogens with zero attached hydrogens (tertiary/aromatic N) is 4. The molecule has 0 N–H and O–H groups in total. The van der Waals surface area contributed by atoms with Crippen molar-refractivity contribution < 1.29 is 0 Å². The van der Waals surface area contributed by atoms with Gasteiger partial charge in [0.25, 0.3) is 0 Å². The molecule has 0 saturated heterocycles. The molecular formula is C94H106N4. The summed E-state index contributed by atoms with van der Waals surface area (Å²) < 4.78 is 0. The van der Waals surface area contributed by atoms with Crippen LogP contribution in [0.15, 0.2) is 267 Å². The lowest BCUT2D eigenvalue weighted by Crippen LogP contribution is -2.17. The second kappa shape index (κ2) is 30.4. The molecule has 0 heterocycles. The van der Waals surface area contributed by atoms with E-state index in [4.69, 9.17) is 0 Å². The van der Waals surface area contributed by atoms with E-state index in [1.165, 1.54) is 77.4 Å². The molecule has 0 aliphatic carbocycles. The Morgan fingerprint density at radius 1 is 0.204 bits per heavy atom. The summed E-state index contributed by atoms with van der Waals surface area (Å²) in [7, 11) is 0. The number of rotatable bonds is 20. The van der Waals surface area contributed by atoms with Gasteiger partial charge in [-0.15, -0.1) is 0 Å². The Morgan fingerprint density at radius 2 is 0.347 bits per heavy atom. The molecule has 0 spiro atoms. The van der Waals surface area contributed by atoms with Crippen LogP contribution >= 0.6 is 0 Å². The summed E-state index contributed by atoms with van der Waals surface area (Å²) in [6, 6.07) is 99.2. The first-order valence-corrected chi connectivity index (χ1v) is 36.0. The van der Waals surface area contributed by atoms with Crippen LogP contribution in [0.25, 0.3) is 21.5 Å². The van der Waals surface area contributed by atoms with E-state index in [1.54, 1.807) is 0 Å². The van der Waals surface area contributed by atoms with Gasteiger partial charge in [0.2, 0.25) is 0 Å². The van der Waals surface area contributed by atoms with Gasteiger partial charge in [-0.05, 0) is 219 Å². The molecule has 0 atom stereocenters. The Bertz CT molecular complexity index is 4190. The molecule has 0 saturated carbocycles. The fourth-order valence-corrected chi connectivity index (χ4v) is 12.9. The fourth-order valence-electron chi connectivity index (χ4n) is 12.9. The number of aryl methyl sites for hydroxylation is 4. The monoisotopic (exact) mass is 1290 g/mol. The van der Waals surface area contributed by atoms with Gasteiger partial charge in [0.1, 0.15) is 0 Å². The SMILES string of the molecule is CC.CCC(C)(C)c1ccc(N(c2ccc(C)cc2)c2c3ccccc3c(N(c3ccc(C)cc3)c3ccc(C(C)(C)CC)cc3)c3ccccc23)cc1.CCC(C)(C)c1ccc(N(c2ccc(C)cc2)c2ccc(N(c3ccc(C)cc3)c3ccc(C(C)(C)CC)cc3)cc2)cc1. The van der Waals surface area contributed by atoms with E-state index in [9.17, 15) is 0 Å². The van der Waals surface area contributed by atoms with Crippen LogP contribution < -0.4 is 19.6 Å². The average molecular weight is 1290 g/mol. The van der Waals surface area contributed by atoms with Crippen LogP contribution in [0.1, 0.15) is 167 Å². The molecule has 4 heteroatoms. The highest BCUT2D eigenvalue weighted by Gasteiger charge is 2.28. The highest BCUT2D eigenvalue weighted by atomic mass is 15.2. The van der Waals surface area contributed by atoms with Crippen molar-refractivity contribution in [3.8, 4) is 0 Å². The highest BCUT2D eigenvalue weighted by Crippen LogP contribution is 2.52. The molecule has 12 rings (SSSR count). The summed E-state index contributed by atoms with van der Waals surface area (Å²) in [6.45, 7) is 40.2. The van der Waals surface area contributed by atoms with Crippen LogP contribution in [0.2, 0.25) is 0 Å². The van der Waals surface area contributed by atoms with Crippen LogP contribution in [0, 0.1) is 27.7 Å². The number of anilines is 12. The zero-order valence-electron chi connectivity index (χ0n) is 62.0. The van der Waals surface area contributed by atoms with Crippen LogP contribution in [-0.2, 0) is 21.7 Å². The topological polar surface area (TPSA) is 13.0 Å². The molecule has 12 aromatic carbocycles. The van der Waals surface area contributed by atoms with Crippen molar-refractivity contribution in [2.75, 3.05) is 19.6 Å². The molecule has 0 aromatic heterocycles. The van der Waals surface area contributed by atoms with E-state index in [1.807, 2.05) is 13.8 Å². The smallest absolute Gasteiger partial charge is 0.0619 e. The summed E-state index contributed by atoms with van der Waals surface area (Å²) in [4.78, 5) is 9.64. The third-order valence-electron chi connectivity index (χ3n) is 21.0. The van der Waals surface area contributed by atoms with Gasteiger partial charge in [-0.3, -0.25) is 0 Å². The maximum atomic E-state index is 2.47. The van der Waals surface area contributed by atoms with Gasteiger partial charge in [0.15, 0.2) is 0 Å². The standard InChI is InChI=1S/C50H52N2.C42H48N2.C2H6/c1-9-49(5,6)37-23-31-41(32-24-37)51(39-27-19-35(3)20-28-39)47-43-15-11-13-17-45(43)48(46-18-14-12-16-44(46)47)52(40-29-21-36(4)22-30-40)42-33-25-38(26-34-42)50(7,8)10-2;1-9-41(5,6)33-15-23-37(24-16-33)43(35-19-11-31(3)12-20-35)39-27-29-40(30-28-39)44(36-21-13-32(4)14-22-36)38-25-17-34(18-26-38)42(7,8)10-2;1-2/h11-34H,9-10H2,1-8H3;11-30H,9-10H2,1-8H3;1-2H3. The Labute approximate surface area is 589 Å². The summed E-state index contributed by atoms with van der Waals surface area (Å²) in [5, 5.41) is 4.82. The highest BCUT2D eigenvalue weighted by molar-refractivity contribution is 6.23. The van der Waals surface area contributed by atoms with E-state index in [0.29, 0.717) is 0 Å². The van der Waals surface area contributed by atoms with Gasteiger partial charge in [-0.1, -0.05) is 265 Å². The molecule has 0 fully saturated rings. The van der Waals surface area contributed by atoms with Crippen molar-refractivity contribution in [2.24, 2.45) is 0 Å². The average Bonchev–Trinajstić information content (AvgIpc) is 0.722. The second-order valence-corrected chi connectivity index (χ2v) is 29.1. The van der Waals surface area contributed by atoms with E-state index in [-0.39, 0.29) is 21.7 Å². The first-order valence-electron chi connectivity index (χ1n) is 36.0. The van der Waals surface area contributed by atoms with Crippen LogP contribution in [0.5, 0.6) is 0 Å². The van der Waals surface area contributed by atoms with Gasteiger partial charge in [-0.2, -0.15) is 0 Å². The molecule has 12 aromatic rings. The van der Waals surface area contributed by atoms with Crippen molar-refractivity contribution in [3.05, 3.63) is 311 Å². The third kappa shape index (κ3) is 15.4. The van der Waals surface area contributed by atoms with Crippen molar-refractivity contribution in [1.29, 1.82) is 0 Å². The quantitative estimate of drug-likeness (QED) is 0.0557. The lowest BCUT2D eigenvalue weighted by molar-refractivity contribution is 0.506. The first kappa shape index (κ1) is 71.1. The molecule has 0 bridgehead atoms. The summed E-state index contributed by atoms with van der Waals surface area (Å²) in [6.07, 6.45) is 4.38. The number of fused-ring (bicyclic) bond motifs is 2. The van der Waals surface area contributed by atoms with E-state index in [0.717, 1.165) is 82.6 Å². The van der Waals surface area contributed by atoms with Crippen LogP contribution in [-0.4, -0.2) is 0 Å². The maximum absolute atomic E-state index is 2.47. The van der Waals surface area contributed by atoms with Crippen LogP contribution in [0.4, 0.5) is 68.2 Å². The Morgan fingerprint density at radius 3 is 0.510 bits per heavy atom. The molecule has 0 radical (unpaired) electrons. The maximum Gasteiger partial charge on any atom is 0.0619 e. The Hall–Kier alpha value is -9.64. The Balaban J connectivity index is 0.000000210. The summed E-state index contributed by atoms with van der Waals surface area (Å²) in [5.74, 6) is 0. The zero-order valence-corrected chi connectivity index (χ0v) is 62.0. The summed E-state index contributed by atoms with van der Waals surface area (Å²) in [5.41, 5.74) is 24.8. The minimum atomic E-state index is 0.109. The van der Waals surface area contributed by atoms with Crippen molar-refractivity contribution in [2.45, 2.75) is 172 Å². The van der Waals surface area contributed by atoms with E-state index in [2.05, 4.69) is 397 Å². The molecule has 98 heavy (non-hydrogen) atoms. The van der Waals surface area contributed by atoms with Crippen molar-refractivity contribution in [1.82, 2.24) is 0 Å². The number of benzene rings is 12. The molecule has 502 valence electrons. The Kier molecular flexibility index (Phi) is 22.1. The molecule has 0 unspecified atom stereocenters. The normalized spacial score (nSPS) is 11.7. The largest absolute Gasteiger partial charge is 0.311 e. The second-order valence-electron chi connectivity index (χ2n) is 29.1. The van der Waals surface area contributed by atoms with Gasteiger partial charge in [0, 0.05) is 78.4 Å². The fraction of sp³-hybridized carbons (Fsp3) is 0.277. The molecule has 4 nitrogen and oxygen atoms in total. The third-order valence-corrected chi connectivity index (χ3v) is 21.0. The number of hydrogen-bond acceptors (Lipinski definition) is 4. The van der Waals surface area contributed by atoms with Crippen molar-refractivity contribution >= 4 is 89.8 Å². The lowest BCUT2D eigenvalue weighted by Gasteiger charge is -2.33. The first-order chi connectivity index (χ1) is 47.0. The predicted molar refractivity (Wildman–Crippen MR) is 430 cm³/mol. The molecular weight excluding hydrogens is 1190 g/mol. The minimum absolute atomic E-state index is 0.109. The molecule has 0 aliphatic heterocycles. The lowest BCUT2D eigenvalue weighted by atomic mass is 9.82. The molecule has 0 aliphatic rings. The van der Waals surface area contributed by atoms with Crippen molar-refractivity contribution in [3.63, 3.8) is 0 Å². The van der Waals surface area contributed by atoms with E-state index >= 15 is 0 Å². The van der Waals surface area contributed by atoms with Gasteiger partial charge in [0.05, 0.1) is 11.4 Å². The van der Waals surface area contributed by atoms with Gasteiger partial charge < -0.3 is 19.6 Å². The van der Waals surface area contributed by atoms with Gasteiger partial charge in [-0.25, -0.2) is 0 Å². The van der Waals surface area contributed by atoms with Gasteiger partial charge >= 0.3 is 0 Å².